The molecular formula is C12H19BrFNOSi. The van der Waals surface area contributed by atoms with Crippen molar-refractivity contribution >= 4 is 24.2 Å². The highest BCUT2D eigenvalue weighted by Gasteiger charge is 2.37. The molecule has 1 aromatic heterocycles. The predicted molar refractivity (Wildman–Crippen MR) is 73.9 cm³/mol. The molecule has 5 heteroatoms. The van der Waals surface area contributed by atoms with E-state index < -0.39 is 8.32 Å². The third-order valence-electron chi connectivity index (χ3n) is 3.26. The van der Waals surface area contributed by atoms with Crippen LogP contribution in [0.3, 0.4) is 0 Å². The summed E-state index contributed by atoms with van der Waals surface area (Å²) in [6.45, 7) is 11.0. The fourth-order valence-electron chi connectivity index (χ4n) is 1.02. The Morgan fingerprint density at radius 1 is 1.35 bits per heavy atom. The Bertz CT molecular complexity index is 404. The van der Waals surface area contributed by atoms with E-state index in [-0.39, 0.29) is 17.5 Å². The van der Waals surface area contributed by atoms with Crippen molar-refractivity contribution in [1.29, 1.82) is 0 Å². The van der Waals surface area contributed by atoms with Crippen LogP contribution in [-0.4, -0.2) is 13.3 Å². The van der Waals surface area contributed by atoms with Crippen molar-refractivity contribution in [2.75, 3.05) is 0 Å². The van der Waals surface area contributed by atoms with Crippen LogP contribution in [-0.2, 0) is 11.0 Å². The molecule has 0 aliphatic heterocycles. The van der Waals surface area contributed by atoms with E-state index in [0.29, 0.717) is 10.3 Å². The molecule has 0 amide bonds. The Morgan fingerprint density at radius 2 is 1.94 bits per heavy atom. The summed E-state index contributed by atoms with van der Waals surface area (Å²) in [7, 11) is -1.85. The molecule has 0 radical (unpaired) electrons. The van der Waals surface area contributed by atoms with Crippen molar-refractivity contribution in [3.05, 3.63) is 28.2 Å². The summed E-state index contributed by atoms with van der Waals surface area (Å²) in [5.74, 6) is -0.313. The van der Waals surface area contributed by atoms with Crippen LogP contribution >= 0.6 is 15.9 Å². The first-order valence-electron chi connectivity index (χ1n) is 5.58. The molecule has 1 heterocycles. The molecule has 0 aromatic carbocycles. The monoisotopic (exact) mass is 319 g/mol. The minimum atomic E-state index is -1.85. The molecule has 1 aromatic rings. The Labute approximate surface area is 112 Å². The van der Waals surface area contributed by atoms with Gasteiger partial charge in [-0.15, -0.1) is 0 Å². The lowest BCUT2D eigenvalue weighted by molar-refractivity contribution is 0.266. The lowest BCUT2D eigenvalue weighted by Crippen LogP contribution is -2.40. The standard InChI is InChI=1S/C12H19BrFNOSi/c1-12(2,3)17(4,5)16-8-10-9(14)6-7-11(13)15-10/h6-7H,8H2,1-5H3. The third kappa shape index (κ3) is 3.86. The molecular weight excluding hydrogens is 301 g/mol. The van der Waals surface area contributed by atoms with E-state index in [4.69, 9.17) is 4.43 Å². The maximum absolute atomic E-state index is 13.5. The van der Waals surface area contributed by atoms with Gasteiger partial charge in [-0.05, 0) is 46.2 Å². The fraction of sp³-hybridized carbons (Fsp3) is 0.583. The van der Waals surface area contributed by atoms with Gasteiger partial charge >= 0.3 is 0 Å². The molecule has 17 heavy (non-hydrogen) atoms. The molecule has 0 N–H and O–H groups in total. The van der Waals surface area contributed by atoms with Crippen molar-refractivity contribution in [3.63, 3.8) is 0 Å². The Balaban J connectivity index is 2.77. The molecule has 0 unspecified atom stereocenters. The summed E-state index contributed by atoms with van der Waals surface area (Å²) in [4.78, 5) is 4.10. The van der Waals surface area contributed by atoms with Gasteiger partial charge in [-0.2, -0.15) is 0 Å². The van der Waals surface area contributed by atoms with Crippen molar-refractivity contribution in [2.24, 2.45) is 0 Å². The first-order chi connectivity index (χ1) is 7.63. The van der Waals surface area contributed by atoms with Gasteiger partial charge in [-0.3, -0.25) is 0 Å². The van der Waals surface area contributed by atoms with Gasteiger partial charge in [-0.1, -0.05) is 20.8 Å². The van der Waals surface area contributed by atoms with Gasteiger partial charge in [0, 0.05) is 0 Å². The summed E-state index contributed by atoms with van der Waals surface area (Å²) < 4.78 is 20.1. The minimum absolute atomic E-state index is 0.121. The summed E-state index contributed by atoms with van der Waals surface area (Å²) in [5.41, 5.74) is 0.365. The molecule has 1 rings (SSSR count). The maximum atomic E-state index is 13.5. The van der Waals surface area contributed by atoms with Crippen molar-refractivity contribution in [3.8, 4) is 0 Å². The molecule has 0 aliphatic carbocycles. The third-order valence-corrected chi connectivity index (χ3v) is 8.18. The summed E-state index contributed by atoms with van der Waals surface area (Å²) in [6.07, 6.45) is 0. The lowest BCUT2D eigenvalue weighted by Gasteiger charge is -2.36. The highest BCUT2D eigenvalue weighted by Crippen LogP contribution is 2.37. The van der Waals surface area contributed by atoms with Gasteiger partial charge in [0.15, 0.2) is 8.32 Å². The number of aromatic nitrogens is 1. The van der Waals surface area contributed by atoms with Gasteiger partial charge in [0.1, 0.15) is 16.1 Å². The molecule has 0 saturated carbocycles. The number of halogens is 2. The van der Waals surface area contributed by atoms with E-state index in [2.05, 4.69) is 54.8 Å². The number of hydrogen-bond acceptors (Lipinski definition) is 2. The first-order valence-corrected chi connectivity index (χ1v) is 9.28. The SMILES string of the molecule is CC(C)(C)[Si](C)(C)OCc1nc(Br)ccc1F. The normalized spacial score (nSPS) is 12.9. The van der Waals surface area contributed by atoms with Crippen LogP contribution in [0.1, 0.15) is 26.5 Å². The molecule has 0 saturated heterocycles. The van der Waals surface area contributed by atoms with Crippen molar-refractivity contribution in [1.82, 2.24) is 4.98 Å². The zero-order chi connectivity index (χ0) is 13.3. The summed E-state index contributed by atoms with van der Waals surface area (Å²) in [6, 6.07) is 2.99. The maximum Gasteiger partial charge on any atom is 0.192 e. The van der Waals surface area contributed by atoms with Crippen LogP contribution in [0.5, 0.6) is 0 Å². The lowest BCUT2D eigenvalue weighted by atomic mass is 10.2. The van der Waals surface area contributed by atoms with Gasteiger partial charge in [0.25, 0.3) is 0 Å². The van der Waals surface area contributed by atoms with Crippen LogP contribution in [0.25, 0.3) is 0 Å². The average molecular weight is 320 g/mol. The number of nitrogens with zero attached hydrogens (tertiary/aromatic N) is 1. The van der Waals surface area contributed by atoms with Crippen LogP contribution < -0.4 is 0 Å². The van der Waals surface area contributed by atoms with Crippen molar-refractivity contribution in [2.45, 2.75) is 45.5 Å². The Hall–Kier alpha value is -0.263. The molecule has 96 valence electrons. The van der Waals surface area contributed by atoms with E-state index in [1.54, 1.807) is 6.07 Å². The number of hydrogen-bond donors (Lipinski definition) is 0. The predicted octanol–water partition coefficient (Wildman–Crippen LogP) is 4.51. The highest BCUT2D eigenvalue weighted by atomic mass is 79.9. The molecule has 0 atom stereocenters. The zero-order valence-corrected chi connectivity index (χ0v) is 13.6. The highest BCUT2D eigenvalue weighted by molar-refractivity contribution is 9.10. The van der Waals surface area contributed by atoms with E-state index in [1.165, 1.54) is 6.07 Å². The second-order valence-electron chi connectivity index (χ2n) is 5.61. The largest absolute Gasteiger partial charge is 0.411 e. The van der Waals surface area contributed by atoms with Crippen molar-refractivity contribution < 1.29 is 8.82 Å². The summed E-state index contributed by atoms with van der Waals surface area (Å²) >= 11 is 3.23. The first kappa shape index (κ1) is 14.8. The van der Waals surface area contributed by atoms with E-state index >= 15 is 0 Å². The van der Waals surface area contributed by atoms with E-state index in [1.807, 2.05) is 0 Å². The second-order valence-corrected chi connectivity index (χ2v) is 11.2. The Morgan fingerprint density at radius 3 is 2.47 bits per heavy atom. The van der Waals surface area contributed by atoms with E-state index in [0.717, 1.165) is 0 Å². The van der Waals surface area contributed by atoms with E-state index in [9.17, 15) is 4.39 Å². The van der Waals surface area contributed by atoms with Gasteiger partial charge in [0.05, 0.1) is 6.61 Å². The van der Waals surface area contributed by atoms with Crippen LogP contribution in [0.4, 0.5) is 4.39 Å². The molecule has 2 nitrogen and oxygen atoms in total. The van der Waals surface area contributed by atoms with Crippen LogP contribution in [0.2, 0.25) is 18.1 Å². The minimum Gasteiger partial charge on any atom is -0.411 e. The van der Waals surface area contributed by atoms with Gasteiger partial charge in [-0.25, -0.2) is 9.37 Å². The fourth-order valence-corrected chi connectivity index (χ4v) is 2.30. The molecule has 0 aliphatic rings. The molecule has 0 spiro atoms. The van der Waals surface area contributed by atoms with Crippen LogP contribution in [0, 0.1) is 5.82 Å². The second kappa shape index (κ2) is 5.16. The van der Waals surface area contributed by atoms with Crippen LogP contribution in [0.15, 0.2) is 16.7 Å². The Kier molecular flexibility index (Phi) is 4.49. The number of rotatable bonds is 3. The average Bonchev–Trinajstić information content (AvgIpc) is 2.18. The smallest absolute Gasteiger partial charge is 0.192 e. The van der Waals surface area contributed by atoms with Gasteiger partial charge < -0.3 is 4.43 Å². The molecule has 0 bridgehead atoms. The zero-order valence-electron chi connectivity index (χ0n) is 11.0. The topological polar surface area (TPSA) is 22.1 Å². The molecule has 0 fully saturated rings. The quantitative estimate of drug-likeness (QED) is 0.604. The van der Waals surface area contributed by atoms with Gasteiger partial charge in [0.2, 0.25) is 0 Å². The summed E-state index contributed by atoms with van der Waals surface area (Å²) in [5, 5.41) is 0.121. The number of pyridine rings is 1.